The van der Waals surface area contributed by atoms with Crippen LogP contribution < -0.4 is 4.74 Å². The molecule has 2 heteroatoms. The molecule has 0 amide bonds. The monoisotopic (exact) mass is 400 g/mol. The molecule has 4 rings (SSSR count). The van der Waals surface area contributed by atoms with Crippen LogP contribution in [0, 0.1) is 27.7 Å². The molecule has 0 bridgehead atoms. The van der Waals surface area contributed by atoms with Crippen molar-refractivity contribution in [3.63, 3.8) is 0 Å². The fourth-order valence-corrected chi connectivity index (χ4v) is 4.61. The van der Waals surface area contributed by atoms with E-state index in [-0.39, 0.29) is 5.41 Å². The second-order valence-electron chi connectivity index (χ2n) is 8.66. The maximum Gasteiger partial charge on any atom is 0.119 e. The first-order valence-corrected chi connectivity index (χ1v) is 10.9. The molecule has 0 fully saturated rings. The van der Waals surface area contributed by atoms with Crippen LogP contribution in [0.3, 0.4) is 0 Å². The van der Waals surface area contributed by atoms with Gasteiger partial charge < -0.3 is 9.47 Å². The zero-order valence-electron chi connectivity index (χ0n) is 19.1. The Bertz CT molecular complexity index is 1020. The number of benzene rings is 3. The van der Waals surface area contributed by atoms with Crippen molar-refractivity contribution in [3.8, 4) is 16.9 Å². The SMILES string of the molecule is CCOCCOc1ccc(C2(C)c3cc(C)c(C)cc3-c3cc(C)c(C)cc32)cc1. The van der Waals surface area contributed by atoms with Crippen LogP contribution in [0.5, 0.6) is 5.75 Å². The van der Waals surface area contributed by atoms with Crippen molar-refractivity contribution in [2.45, 2.75) is 47.0 Å². The molecule has 0 saturated heterocycles. The van der Waals surface area contributed by atoms with Crippen LogP contribution in [0.25, 0.3) is 11.1 Å². The summed E-state index contributed by atoms with van der Waals surface area (Å²) in [6, 6.07) is 18.1. The normalized spacial score (nSPS) is 13.8. The van der Waals surface area contributed by atoms with E-state index in [9.17, 15) is 0 Å². The van der Waals surface area contributed by atoms with E-state index in [2.05, 4.69) is 83.1 Å². The van der Waals surface area contributed by atoms with Gasteiger partial charge in [0, 0.05) is 12.0 Å². The Kier molecular flexibility index (Phi) is 5.46. The molecule has 2 nitrogen and oxygen atoms in total. The van der Waals surface area contributed by atoms with Crippen molar-refractivity contribution in [1.29, 1.82) is 0 Å². The van der Waals surface area contributed by atoms with Gasteiger partial charge in [-0.2, -0.15) is 0 Å². The topological polar surface area (TPSA) is 18.5 Å². The lowest BCUT2D eigenvalue weighted by Crippen LogP contribution is -2.23. The largest absolute Gasteiger partial charge is 0.491 e. The minimum absolute atomic E-state index is 0.175. The number of fused-ring (bicyclic) bond motifs is 3. The predicted molar refractivity (Wildman–Crippen MR) is 125 cm³/mol. The molecule has 3 aromatic rings. The molecular weight excluding hydrogens is 368 g/mol. The Morgan fingerprint density at radius 1 is 0.700 bits per heavy atom. The molecule has 3 aromatic carbocycles. The van der Waals surface area contributed by atoms with Crippen molar-refractivity contribution in [1.82, 2.24) is 0 Å². The molecule has 1 aliphatic carbocycles. The van der Waals surface area contributed by atoms with E-state index in [1.807, 2.05) is 6.92 Å². The van der Waals surface area contributed by atoms with Crippen molar-refractivity contribution in [2.75, 3.05) is 19.8 Å². The number of rotatable bonds is 6. The second kappa shape index (κ2) is 7.92. The van der Waals surface area contributed by atoms with Gasteiger partial charge in [-0.25, -0.2) is 0 Å². The quantitative estimate of drug-likeness (QED) is 0.430. The van der Waals surface area contributed by atoms with Gasteiger partial charge in [-0.15, -0.1) is 0 Å². The molecule has 0 atom stereocenters. The van der Waals surface area contributed by atoms with Gasteiger partial charge in [0.15, 0.2) is 0 Å². The molecule has 0 N–H and O–H groups in total. The van der Waals surface area contributed by atoms with Crippen molar-refractivity contribution in [2.24, 2.45) is 0 Å². The molecule has 30 heavy (non-hydrogen) atoms. The van der Waals surface area contributed by atoms with Gasteiger partial charge in [0.25, 0.3) is 0 Å². The van der Waals surface area contributed by atoms with Crippen LogP contribution in [-0.4, -0.2) is 19.8 Å². The first-order valence-electron chi connectivity index (χ1n) is 10.9. The third-order valence-corrected chi connectivity index (χ3v) is 6.77. The van der Waals surface area contributed by atoms with Crippen LogP contribution in [0.2, 0.25) is 0 Å². The van der Waals surface area contributed by atoms with E-state index >= 15 is 0 Å². The van der Waals surface area contributed by atoms with Gasteiger partial charge in [-0.3, -0.25) is 0 Å². The lowest BCUT2D eigenvalue weighted by molar-refractivity contribution is 0.110. The minimum atomic E-state index is -0.175. The van der Waals surface area contributed by atoms with E-state index in [1.54, 1.807) is 0 Å². The highest BCUT2D eigenvalue weighted by atomic mass is 16.5. The standard InChI is InChI=1S/C28H32O2/c1-7-29-12-13-30-23-10-8-22(9-11-23)28(6)26-16-20(4)18(2)14-24(26)25-15-19(3)21(5)17-27(25)28/h8-11,14-17H,7,12-13H2,1-6H3. The van der Waals surface area contributed by atoms with E-state index in [1.165, 1.54) is 50.1 Å². The zero-order valence-corrected chi connectivity index (χ0v) is 19.1. The molecule has 0 radical (unpaired) electrons. The average Bonchev–Trinajstić information content (AvgIpc) is 2.95. The van der Waals surface area contributed by atoms with Crippen molar-refractivity contribution in [3.05, 3.63) is 87.5 Å². The molecule has 0 heterocycles. The predicted octanol–water partition coefficient (Wildman–Crippen LogP) is 6.67. The Balaban J connectivity index is 1.80. The molecule has 156 valence electrons. The number of aryl methyl sites for hydroxylation is 4. The maximum absolute atomic E-state index is 5.84. The summed E-state index contributed by atoms with van der Waals surface area (Å²) >= 11 is 0. The zero-order chi connectivity index (χ0) is 21.5. The third kappa shape index (κ3) is 3.33. The smallest absolute Gasteiger partial charge is 0.119 e. The van der Waals surface area contributed by atoms with Crippen LogP contribution in [-0.2, 0) is 10.2 Å². The van der Waals surface area contributed by atoms with Crippen LogP contribution in [0.15, 0.2) is 48.5 Å². The van der Waals surface area contributed by atoms with E-state index in [0.717, 1.165) is 12.4 Å². The maximum atomic E-state index is 5.84. The summed E-state index contributed by atoms with van der Waals surface area (Å²) in [5.41, 5.74) is 12.0. The van der Waals surface area contributed by atoms with Crippen molar-refractivity contribution < 1.29 is 9.47 Å². The van der Waals surface area contributed by atoms with Gasteiger partial charge in [-0.1, -0.05) is 36.4 Å². The summed E-state index contributed by atoms with van der Waals surface area (Å²) in [5, 5.41) is 0. The summed E-state index contributed by atoms with van der Waals surface area (Å²) in [4.78, 5) is 0. The van der Waals surface area contributed by atoms with Gasteiger partial charge in [0.1, 0.15) is 12.4 Å². The highest BCUT2D eigenvalue weighted by Gasteiger charge is 2.41. The lowest BCUT2D eigenvalue weighted by Gasteiger charge is -2.29. The van der Waals surface area contributed by atoms with E-state index in [4.69, 9.17) is 9.47 Å². The first-order chi connectivity index (χ1) is 14.4. The summed E-state index contributed by atoms with van der Waals surface area (Å²) < 4.78 is 11.2. The first kappa shape index (κ1) is 20.7. The number of hydrogen-bond acceptors (Lipinski definition) is 2. The summed E-state index contributed by atoms with van der Waals surface area (Å²) in [7, 11) is 0. The van der Waals surface area contributed by atoms with E-state index < -0.39 is 0 Å². The molecule has 0 spiro atoms. The summed E-state index contributed by atoms with van der Waals surface area (Å²) in [6.07, 6.45) is 0. The molecule has 0 aliphatic heterocycles. The van der Waals surface area contributed by atoms with E-state index in [0.29, 0.717) is 13.2 Å². The van der Waals surface area contributed by atoms with Crippen molar-refractivity contribution >= 4 is 0 Å². The Morgan fingerprint density at radius 2 is 1.20 bits per heavy atom. The molecule has 0 unspecified atom stereocenters. The third-order valence-electron chi connectivity index (χ3n) is 6.77. The van der Waals surface area contributed by atoms with Crippen LogP contribution in [0.1, 0.15) is 52.8 Å². The second-order valence-corrected chi connectivity index (χ2v) is 8.66. The number of ether oxygens (including phenoxy) is 2. The summed E-state index contributed by atoms with van der Waals surface area (Å²) in [5.74, 6) is 0.890. The van der Waals surface area contributed by atoms with Gasteiger partial charge in [0.2, 0.25) is 0 Å². The lowest BCUT2D eigenvalue weighted by atomic mass is 9.73. The Labute approximate surface area is 180 Å². The molecule has 0 saturated carbocycles. The van der Waals surface area contributed by atoms with Gasteiger partial charge in [0.05, 0.1) is 6.61 Å². The Hall–Kier alpha value is -2.58. The summed E-state index contributed by atoms with van der Waals surface area (Å²) in [6.45, 7) is 15.1. The van der Waals surface area contributed by atoms with Gasteiger partial charge in [-0.05, 0) is 104 Å². The average molecular weight is 401 g/mol. The molecule has 0 aromatic heterocycles. The number of hydrogen-bond donors (Lipinski definition) is 0. The van der Waals surface area contributed by atoms with Crippen LogP contribution >= 0.6 is 0 Å². The van der Waals surface area contributed by atoms with Crippen LogP contribution in [0.4, 0.5) is 0 Å². The fraction of sp³-hybridized carbons (Fsp3) is 0.357. The minimum Gasteiger partial charge on any atom is -0.491 e. The Morgan fingerprint density at radius 3 is 1.70 bits per heavy atom. The highest BCUT2D eigenvalue weighted by molar-refractivity contribution is 5.84. The van der Waals surface area contributed by atoms with Gasteiger partial charge >= 0.3 is 0 Å². The highest BCUT2D eigenvalue weighted by Crippen LogP contribution is 2.53. The molecule has 1 aliphatic rings. The molecular formula is C28H32O2. The fourth-order valence-electron chi connectivity index (χ4n) is 4.61.